The van der Waals surface area contributed by atoms with Crippen LogP contribution in [0, 0.1) is 0 Å². The quantitative estimate of drug-likeness (QED) is 0.0807. The number of azide groups is 1. The van der Waals surface area contributed by atoms with Crippen molar-refractivity contribution in [1.29, 1.82) is 0 Å². The van der Waals surface area contributed by atoms with E-state index in [1.165, 1.54) is 6.33 Å². The minimum Gasteiger partial charge on any atom is -0.494 e. The number of hydrogen-bond donors (Lipinski definition) is 2. The van der Waals surface area contributed by atoms with E-state index in [1.807, 2.05) is 54.1 Å². The van der Waals surface area contributed by atoms with Crippen LogP contribution in [0.3, 0.4) is 0 Å². The molecule has 2 heterocycles. The van der Waals surface area contributed by atoms with E-state index in [2.05, 4.69) is 40.8 Å². The van der Waals surface area contributed by atoms with E-state index in [9.17, 15) is 4.79 Å². The van der Waals surface area contributed by atoms with Gasteiger partial charge in [-0.3, -0.25) is 4.79 Å². The number of aromatic nitrogens is 5. The predicted octanol–water partition coefficient (Wildman–Crippen LogP) is 5.45. The molecule has 41 heavy (non-hydrogen) atoms. The second-order valence-electron chi connectivity index (χ2n) is 9.43. The van der Waals surface area contributed by atoms with Crippen LogP contribution >= 0.6 is 0 Å². The third-order valence-corrected chi connectivity index (χ3v) is 6.44. The minimum atomic E-state index is -0.162. The summed E-state index contributed by atoms with van der Waals surface area (Å²) < 4.78 is 7.77. The second-order valence-corrected chi connectivity index (χ2v) is 9.43. The molecule has 2 N–H and O–H groups in total. The lowest BCUT2D eigenvalue weighted by Gasteiger charge is -2.11. The van der Waals surface area contributed by atoms with Crippen molar-refractivity contribution in [3.05, 3.63) is 94.5 Å². The Morgan fingerprint density at radius 2 is 1.88 bits per heavy atom. The molecule has 0 saturated heterocycles. The van der Waals surface area contributed by atoms with Crippen LogP contribution < -0.4 is 15.4 Å². The van der Waals surface area contributed by atoms with Gasteiger partial charge in [-0.2, -0.15) is 0 Å². The highest BCUT2D eigenvalue weighted by atomic mass is 16.5. The van der Waals surface area contributed by atoms with Crippen LogP contribution in [-0.2, 0) is 20.1 Å². The number of ether oxygens (including phenoxy) is 1. The molecule has 0 atom stereocenters. The number of rotatable bonds is 16. The highest BCUT2D eigenvalue weighted by molar-refractivity contribution is 5.95. The summed E-state index contributed by atoms with van der Waals surface area (Å²) in [5.41, 5.74) is 11.3. The first-order valence-corrected chi connectivity index (χ1v) is 13.6. The maximum atomic E-state index is 12.9. The molecule has 4 aromatic rings. The summed E-state index contributed by atoms with van der Waals surface area (Å²) in [4.78, 5) is 23.8. The summed E-state index contributed by atoms with van der Waals surface area (Å²) in [7, 11) is 1.89. The molecule has 0 aliphatic carbocycles. The van der Waals surface area contributed by atoms with E-state index in [4.69, 9.17) is 10.3 Å². The summed E-state index contributed by atoms with van der Waals surface area (Å²) in [6.07, 6.45) is 8.26. The molecule has 2 aromatic carbocycles. The summed E-state index contributed by atoms with van der Waals surface area (Å²) in [5, 5.41) is 18.4. The molecule has 12 heteroatoms. The van der Waals surface area contributed by atoms with E-state index in [-0.39, 0.29) is 5.91 Å². The van der Waals surface area contributed by atoms with Gasteiger partial charge in [-0.15, -0.1) is 10.2 Å². The van der Waals surface area contributed by atoms with Gasteiger partial charge in [-0.25, -0.2) is 9.97 Å². The molecule has 0 fully saturated rings. The number of anilines is 1. The zero-order chi connectivity index (χ0) is 28.7. The van der Waals surface area contributed by atoms with E-state index in [1.54, 1.807) is 18.3 Å². The number of nitrogens with one attached hydrogen (secondary N) is 2. The molecule has 2 aromatic heterocycles. The summed E-state index contributed by atoms with van der Waals surface area (Å²) in [5.74, 6) is 2.02. The summed E-state index contributed by atoms with van der Waals surface area (Å²) in [6.45, 7) is 2.03. The topological polar surface area (TPSA) is 156 Å². The third kappa shape index (κ3) is 9.04. The van der Waals surface area contributed by atoms with E-state index < -0.39 is 0 Å². The Morgan fingerprint density at radius 3 is 2.73 bits per heavy atom. The number of hydrogen-bond acceptors (Lipinski definition) is 8. The lowest BCUT2D eigenvalue weighted by Crippen LogP contribution is -2.22. The molecule has 212 valence electrons. The number of carbonyl (C=O) groups excluding carboxylic acids is 1. The monoisotopic (exact) mass is 554 g/mol. The normalized spacial score (nSPS) is 10.6. The van der Waals surface area contributed by atoms with Crippen LogP contribution in [0.4, 0.5) is 5.69 Å². The Labute approximate surface area is 238 Å². The molecule has 0 aliphatic rings. The van der Waals surface area contributed by atoms with Gasteiger partial charge < -0.3 is 19.9 Å². The van der Waals surface area contributed by atoms with Gasteiger partial charge >= 0.3 is 0 Å². The molecule has 0 unspecified atom stereocenters. The Balaban J connectivity index is 1.21. The fourth-order valence-electron chi connectivity index (χ4n) is 4.19. The highest BCUT2D eigenvalue weighted by Gasteiger charge is 2.12. The maximum Gasteiger partial charge on any atom is 0.251 e. The summed E-state index contributed by atoms with van der Waals surface area (Å²) >= 11 is 0. The van der Waals surface area contributed by atoms with Crippen LogP contribution in [-0.4, -0.2) is 43.8 Å². The average Bonchev–Trinajstić information content (AvgIpc) is 3.38. The molecule has 0 spiro atoms. The first kappa shape index (κ1) is 29.0. The van der Waals surface area contributed by atoms with Crippen molar-refractivity contribution in [2.24, 2.45) is 12.2 Å². The lowest BCUT2D eigenvalue weighted by molar-refractivity contribution is 0.0951. The van der Waals surface area contributed by atoms with Gasteiger partial charge in [0.2, 0.25) is 0 Å². The average molecular weight is 555 g/mol. The molecule has 4 rings (SSSR count). The van der Waals surface area contributed by atoms with Gasteiger partial charge in [-0.05, 0) is 60.3 Å². The van der Waals surface area contributed by atoms with E-state index in [0.717, 1.165) is 54.9 Å². The fourth-order valence-corrected chi connectivity index (χ4v) is 4.19. The van der Waals surface area contributed by atoms with Crippen LogP contribution in [0.5, 0.6) is 5.75 Å². The zero-order valence-corrected chi connectivity index (χ0v) is 23.1. The Kier molecular flexibility index (Phi) is 11.0. The largest absolute Gasteiger partial charge is 0.494 e. The SMILES string of the molecule is Cn1c(CNc2cccc(C(=O)NCc3cccc(OCCCCCCCN=[N+]=[N-])c3)c2)nnc1-c1ccncn1. The molecule has 0 radical (unpaired) electrons. The van der Waals surface area contributed by atoms with Crippen molar-refractivity contribution >= 4 is 11.6 Å². The molecule has 1 amide bonds. The maximum absolute atomic E-state index is 12.9. The van der Waals surface area contributed by atoms with Crippen LogP contribution in [0.2, 0.25) is 0 Å². The Bertz CT molecular complexity index is 1450. The Hall–Kier alpha value is -4.96. The van der Waals surface area contributed by atoms with Crippen molar-refractivity contribution in [3.8, 4) is 17.3 Å². The number of benzene rings is 2. The first-order valence-electron chi connectivity index (χ1n) is 13.6. The summed E-state index contributed by atoms with van der Waals surface area (Å²) in [6, 6.07) is 16.9. The van der Waals surface area contributed by atoms with Crippen molar-refractivity contribution in [1.82, 2.24) is 30.0 Å². The lowest BCUT2D eigenvalue weighted by atomic mass is 10.1. The molecule has 12 nitrogen and oxygen atoms in total. The number of nitrogens with zero attached hydrogens (tertiary/aromatic N) is 8. The van der Waals surface area contributed by atoms with Crippen molar-refractivity contribution in [3.63, 3.8) is 0 Å². The standard InChI is InChI=1S/C29H34N10O2/c1-39-27(36-37-28(39)26-13-15-31-21-34-26)20-32-24-11-8-10-23(18-24)29(40)33-19-22-9-7-12-25(17-22)41-16-6-4-2-3-5-14-35-38-30/h7-13,15,17-18,21,32H,2-6,14,16,19-20H2,1H3,(H,33,40). The van der Waals surface area contributed by atoms with Crippen molar-refractivity contribution < 1.29 is 9.53 Å². The van der Waals surface area contributed by atoms with Crippen molar-refractivity contribution in [2.75, 3.05) is 18.5 Å². The molecule has 0 bridgehead atoms. The molecular formula is C29H34N10O2. The molecule has 0 saturated carbocycles. The van der Waals surface area contributed by atoms with Gasteiger partial charge in [0.1, 0.15) is 17.8 Å². The number of carbonyl (C=O) groups is 1. The number of amides is 1. The third-order valence-electron chi connectivity index (χ3n) is 6.44. The first-order chi connectivity index (χ1) is 20.1. The minimum absolute atomic E-state index is 0.162. The fraction of sp³-hybridized carbons (Fsp3) is 0.345. The number of unbranched alkanes of at least 4 members (excludes halogenated alkanes) is 4. The predicted molar refractivity (Wildman–Crippen MR) is 156 cm³/mol. The molecular weight excluding hydrogens is 520 g/mol. The van der Waals surface area contributed by atoms with Crippen LogP contribution in [0.25, 0.3) is 22.0 Å². The van der Waals surface area contributed by atoms with Gasteiger partial charge in [0.05, 0.1) is 13.2 Å². The smallest absolute Gasteiger partial charge is 0.251 e. The van der Waals surface area contributed by atoms with Gasteiger partial charge in [0, 0.05) is 42.5 Å². The van der Waals surface area contributed by atoms with E-state index in [0.29, 0.717) is 43.3 Å². The highest BCUT2D eigenvalue weighted by Crippen LogP contribution is 2.17. The van der Waals surface area contributed by atoms with Crippen molar-refractivity contribution in [2.45, 2.75) is 45.2 Å². The van der Waals surface area contributed by atoms with Gasteiger partial charge in [-0.1, -0.05) is 42.6 Å². The van der Waals surface area contributed by atoms with Crippen LogP contribution in [0.1, 0.15) is 53.8 Å². The van der Waals surface area contributed by atoms with Crippen LogP contribution in [0.15, 0.2) is 72.2 Å². The van der Waals surface area contributed by atoms with Gasteiger partial charge in [0.15, 0.2) is 11.6 Å². The van der Waals surface area contributed by atoms with E-state index >= 15 is 0 Å². The Morgan fingerprint density at radius 1 is 1.02 bits per heavy atom. The van der Waals surface area contributed by atoms with Gasteiger partial charge in [0.25, 0.3) is 5.91 Å². The zero-order valence-electron chi connectivity index (χ0n) is 23.1. The molecule has 0 aliphatic heterocycles. The second kappa shape index (κ2) is 15.6.